The molecule has 0 fully saturated rings. The van der Waals surface area contributed by atoms with Crippen molar-refractivity contribution in [2.45, 2.75) is 38.9 Å². The third kappa shape index (κ3) is 12.3. The summed E-state index contributed by atoms with van der Waals surface area (Å²) >= 11 is 0. The van der Waals surface area contributed by atoms with Gasteiger partial charge in [0.05, 0.1) is 6.10 Å². The van der Waals surface area contributed by atoms with Crippen molar-refractivity contribution in [1.82, 2.24) is 5.32 Å². The fraction of sp³-hybridized carbons (Fsp3) is 0.909. The summed E-state index contributed by atoms with van der Waals surface area (Å²) in [5, 5.41) is 12.3. The molecule has 18 heavy (non-hydrogen) atoms. The largest absolute Gasteiger partial charge is 0.444 e. The molecule has 0 aliphatic heterocycles. The summed E-state index contributed by atoms with van der Waals surface area (Å²) in [6.45, 7) is 6.50. The molecule has 0 saturated carbocycles. The van der Waals surface area contributed by atoms with Crippen molar-refractivity contribution in [3.63, 3.8) is 0 Å². The maximum absolute atomic E-state index is 11.3. The molecule has 0 aromatic rings. The van der Waals surface area contributed by atoms with E-state index in [1.807, 2.05) is 20.8 Å². The van der Waals surface area contributed by atoms with E-state index < -0.39 is 17.8 Å². The van der Waals surface area contributed by atoms with Gasteiger partial charge in [-0.05, 0) is 27.2 Å². The van der Waals surface area contributed by atoms with Crippen LogP contribution in [0.1, 0.15) is 27.2 Å². The summed E-state index contributed by atoms with van der Waals surface area (Å²) < 4.78 is 5.08. The molecule has 108 valence electrons. The molecule has 0 spiro atoms. The van der Waals surface area contributed by atoms with E-state index in [0.29, 0.717) is 25.3 Å². The van der Waals surface area contributed by atoms with Gasteiger partial charge in [0.25, 0.3) is 0 Å². The van der Waals surface area contributed by atoms with Crippen LogP contribution in [-0.2, 0) is 4.74 Å². The molecule has 5 nitrogen and oxygen atoms in total. The standard InChI is InChI=1S/C11H24N2O3S2/c1-11(2,3)16-10(15)13-6-4-9(14)8-18-17-7-5-12/h9,14H,4-8,12H2,1-3H3,(H,13,15). The van der Waals surface area contributed by atoms with E-state index in [1.54, 1.807) is 21.6 Å². The molecule has 0 heterocycles. The minimum atomic E-state index is -0.489. The minimum Gasteiger partial charge on any atom is -0.444 e. The van der Waals surface area contributed by atoms with E-state index in [2.05, 4.69) is 5.32 Å². The van der Waals surface area contributed by atoms with Gasteiger partial charge in [0.2, 0.25) is 0 Å². The quantitative estimate of drug-likeness (QED) is 0.466. The van der Waals surface area contributed by atoms with Crippen molar-refractivity contribution in [2.24, 2.45) is 5.73 Å². The Morgan fingerprint density at radius 1 is 1.44 bits per heavy atom. The van der Waals surface area contributed by atoms with E-state index in [9.17, 15) is 9.90 Å². The SMILES string of the molecule is CC(C)(C)OC(=O)NCCC(O)CSSCCN. The van der Waals surface area contributed by atoms with Crippen molar-refractivity contribution in [1.29, 1.82) is 0 Å². The Labute approximate surface area is 117 Å². The molecule has 7 heteroatoms. The Balaban J connectivity index is 3.50. The van der Waals surface area contributed by atoms with Crippen LogP contribution in [0, 0.1) is 0 Å². The van der Waals surface area contributed by atoms with Gasteiger partial charge >= 0.3 is 6.09 Å². The first kappa shape index (κ1) is 17.9. The predicted octanol–water partition coefficient (Wildman–Crippen LogP) is 1.60. The second-order valence-corrected chi connectivity index (χ2v) is 7.39. The Kier molecular flexibility index (Phi) is 9.71. The highest BCUT2D eigenvalue weighted by Gasteiger charge is 2.15. The monoisotopic (exact) mass is 296 g/mol. The number of aliphatic hydroxyl groups is 1. The Hall–Kier alpha value is -0.110. The van der Waals surface area contributed by atoms with Crippen LogP contribution in [0.4, 0.5) is 4.79 Å². The maximum Gasteiger partial charge on any atom is 0.407 e. The number of hydrogen-bond acceptors (Lipinski definition) is 6. The fourth-order valence-electron chi connectivity index (χ4n) is 0.972. The van der Waals surface area contributed by atoms with Crippen LogP contribution in [0.25, 0.3) is 0 Å². The average Bonchev–Trinajstić information content (AvgIpc) is 2.22. The van der Waals surface area contributed by atoms with Crippen molar-refractivity contribution in [2.75, 3.05) is 24.6 Å². The molecule has 1 amide bonds. The maximum atomic E-state index is 11.3. The van der Waals surface area contributed by atoms with Gasteiger partial charge in [0, 0.05) is 24.6 Å². The number of carbonyl (C=O) groups is 1. The van der Waals surface area contributed by atoms with E-state index in [-0.39, 0.29) is 0 Å². The molecule has 0 aromatic carbocycles. The topological polar surface area (TPSA) is 84.6 Å². The number of rotatable bonds is 8. The Morgan fingerprint density at radius 3 is 2.67 bits per heavy atom. The molecule has 0 aromatic heterocycles. The summed E-state index contributed by atoms with van der Waals surface area (Å²) in [4.78, 5) is 11.3. The molecule has 0 aliphatic carbocycles. The van der Waals surface area contributed by atoms with Crippen molar-refractivity contribution in [3.8, 4) is 0 Å². The zero-order chi connectivity index (χ0) is 14.0. The molecule has 0 radical (unpaired) electrons. The molecular weight excluding hydrogens is 272 g/mol. The van der Waals surface area contributed by atoms with Gasteiger partial charge in [-0.15, -0.1) is 0 Å². The van der Waals surface area contributed by atoms with Crippen LogP contribution in [-0.4, -0.2) is 47.5 Å². The highest BCUT2D eigenvalue weighted by Crippen LogP contribution is 2.21. The molecule has 0 aliphatic rings. The Bertz CT molecular complexity index is 235. The molecule has 1 unspecified atom stereocenters. The zero-order valence-electron chi connectivity index (χ0n) is 11.3. The summed E-state index contributed by atoms with van der Waals surface area (Å²) in [6.07, 6.45) is -0.342. The third-order valence-corrected chi connectivity index (χ3v) is 4.19. The Morgan fingerprint density at radius 2 is 2.11 bits per heavy atom. The highest BCUT2D eigenvalue weighted by molar-refractivity contribution is 8.76. The van der Waals surface area contributed by atoms with Crippen LogP contribution in [0.5, 0.6) is 0 Å². The predicted molar refractivity (Wildman–Crippen MR) is 78.8 cm³/mol. The summed E-state index contributed by atoms with van der Waals surface area (Å²) in [5.74, 6) is 1.52. The van der Waals surface area contributed by atoms with Crippen molar-refractivity contribution < 1.29 is 14.6 Å². The summed E-state index contributed by atoms with van der Waals surface area (Å²) in [5.41, 5.74) is 4.86. The van der Waals surface area contributed by atoms with Gasteiger partial charge in [-0.3, -0.25) is 0 Å². The number of hydrogen-bond donors (Lipinski definition) is 3. The second kappa shape index (κ2) is 9.77. The van der Waals surface area contributed by atoms with Crippen LogP contribution in [0.15, 0.2) is 0 Å². The van der Waals surface area contributed by atoms with Gasteiger partial charge < -0.3 is 20.9 Å². The summed E-state index contributed by atoms with van der Waals surface area (Å²) in [7, 11) is 3.25. The zero-order valence-corrected chi connectivity index (χ0v) is 12.9. The molecule has 0 bridgehead atoms. The molecule has 4 N–H and O–H groups in total. The molecule has 1 atom stereocenters. The second-order valence-electron chi connectivity index (χ2n) is 4.77. The van der Waals surface area contributed by atoms with E-state index in [1.165, 1.54) is 0 Å². The number of alkyl carbamates (subject to hydrolysis) is 1. The first-order valence-corrected chi connectivity index (χ1v) is 8.43. The lowest BCUT2D eigenvalue weighted by Gasteiger charge is -2.20. The number of nitrogens with two attached hydrogens (primary N) is 1. The first-order chi connectivity index (χ1) is 8.35. The van der Waals surface area contributed by atoms with Crippen LogP contribution >= 0.6 is 21.6 Å². The number of carbonyl (C=O) groups excluding carboxylic acids is 1. The van der Waals surface area contributed by atoms with E-state index >= 15 is 0 Å². The minimum absolute atomic E-state index is 0.415. The van der Waals surface area contributed by atoms with Gasteiger partial charge in [-0.1, -0.05) is 21.6 Å². The summed E-state index contributed by atoms with van der Waals surface area (Å²) in [6, 6.07) is 0. The lowest BCUT2D eigenvalue weighted by atomic mass is 10.2. The molecule has 0 rings (SSSR count). The van der Waals surface area contributed by atoms with Gasteiger partial charge in [-0.2, -0.15) is 0 Å². The molecular formula is C11H24N2O3S2. The number of aliphatic hydroxyl groups excluding tert-OH is 1. The normalized spacial score (nSPS) is 13.2. The highest BCUT2D eigenvalue weighted by atomic mass is 33.1. The van der Waals surface area contributed by atoms with E-state index in [0.717, 1.165) is 5.75 Å². The van der Waals surface area contributed by atoms with Gasteiger partial charge in [0.1, 0.15) is 5.60 Å². The van der Waals surface area contributed by atoms with Crippen molar-refractivity contribution in [3.05, 3.63) is 0 Å². The van der Waals surface area contributed by atoms with Crippen LogP contribution in [0.3, 0.4) is 0 Å². The van der Waals surface area contributed by atoms with Gasteiger partial charge in [-0.25, -0.2) is 4.79 Å². The number of amides is 1. The first-order valence-electron chi connectivity index (χ1n) is 5.94. The van der Waals surface area contributed by atoms with Crippen molar-refractivity contribution >= 4 is 27.7 Å². The smallest absolute Gasteiger partial charge is 0.407 e. The average molecular weight is 296 g/mol. The lowest BCUT2D eigenvalue weighted by molar-refractivity contribution is 0.0520. The fourth-order valence-corrected chi connectivity index (χ4v) is 3.01. The van der Waals surface area contributed by atoms with Crippen LogP contribution in [0.2, 0.25) is 0 Å². The lowest BCUT2D eigenvalue weighted by Crippen LogP contribution is -2.34. The number of nitrogens with one attached hydrogen (secondary N) is 1. The number of ether oxygens (including phenoxy) is 1. The molecule has 0 saturated heterocycles. The van der Waals surface area contributed by atoms with Gasteiger partial charge in [0.15, 0.2) is 0 Å². The third-order valence-electron chi connectivity index (χ3n) is 1.69. The van der Waals surface area contributed by atoms with Crippen LogP contribution < -0.4 is 11.1 Å². The van der Waals surface area contributed by atoms with E-state index in [4.69, 9.17) is 10.5 Å².